The first-order chi connectivity index (χ1) is 10.8. The summed E-state index contributed by atoms with van der Waals surface area (Å²) in [5, 5.41) is 8.88. The lowest BCUT2D eigenvalue weighted by Crippen LogP contribution is -2.38. The van der Waals surface area contributed by atoms with E-state index < -0.39 is 10.0 Å². The lowest BCUT2D eigenvalue weighted by atomic mass is 9.85. The highest BCUT2D eigenvalue weighted by atomic mass is 32.2. The predicted octanol–water partition coefficient (Wildman–Crippen LogP) is 3.62. The molecule has 0 saturated heterocycles. The Morgan fingerprint density at radius 1 is 1.17 bits per heavy atom. The van der Waals surface area contributed by atoms with Gasteiger partial charge in [-0.3, -0.25) is 0 Å². The predicted molar refractivity (Wildman–Crippen MR) is 91.7 cm³/mol. The van der Waals surface area contributed by atoms with Crippen molar-refractivity contribution in [2.24, 2.45) is 5.92 Å². The number of nitriles is 1. The highest BCUT2D eigenvalue weighted by molar-refractivity contribution is 7.89. The maximum absolute atomic E-state index is 13.3. The van der Waals surface area contributed by atoms with Gasteiger partial charge in [-0.25, -0.2) is 8.42 Å². The summed E-state index contributed by atoms with van der Waals surface area (Å²) in [5.74, 6) is 0.440. The molecule has 2 rings (SSSR count). The molecule has 0 spiro atoms. The zero-order chi connectivity index (χ0) is 17.2. The number of benzene rings is 1. The molecular formula is C18H26N2O2S. The Balaban J connectivity index is 2.46. The molecule has 1 aromatic carbocycles. The average molecular weight is 334 g/mol. The van der Waals surface area contributed by atoms with Crippen molar-refractivity contribution in [3.63, 3.8) is 0 Å². The van der Waals surface area contributed by atoms with Crippen LogP contribution in [-0.4, -0.2) is 25.8 Å². The largest absolute Gasteiger partial charge is 0.243 e. The fraction of sp³-hybridized carbons (Fsp3) is 0.611. The van der Waals surface area contributed by atoms with E-state index in [1.54, 1.807) is 0 Å². The van der Waals surface area contributed by atoms with E-state index in [4.69, 9.17) is 5.26 Å². The van der Waals surface area contributed by atoms with Crippen LogP contribution in [0.3, 0.4) is 0 Å². The van der Waals surface area contributed by atoms with E-state index in [1.165, 1.54) is 10.7 Å². The quantitative estimate of drug-likeness (QED) is 0.798. The molecular weight excluding hydrogens is 308 g/mol. The molecule has 0 bridgehead atoms. The summed E-state index contributed by atoms with van der Waals surface area (Å²) in [7, 11) is -3.57. The number of hydrogen-bond donors (Lipinski definition) is 0. The van der Waals surface area contributed by atoms with Crippen molar-refractivity contribution >= 4 is 10.0 Å². The molecule has 0 atom stereocenters. The standard InChI is InChI=1S/C18H26N2O2S/c1-13-11-14(2)16(4)18(15(13)3)23(21,22)20(10-6-9-19)12-17-7-5-8-17/h11,17H,5-8,10,12H2,1-4H3. The van der Waals surface area contributed by atoms with Crippen molar-refractivity contribution in [1.82, 2.24) is 4.31 Å². The normalized spacial score (nSPS) is 15.5. The van der Waals surface area contributed by atoms with Gasteiger partial charge < -0.3 is 0 Å². The molecule has 1 fully saturated rings. The molecule has 0 aliphatic heterocycles. The number of rotatable bonds is 6. The first-order valence-corrected chi connectivity index (χ1v) is 9.67. The van der Waals surface area contributed by atoms with Gasteiger partial charge in [-0.05, 0) is 68.7 Å². The molecule has 0 N–H and O–H groups in total. The average Bonchev–Trinajstić information content (AvgIpc) is 2.43. The number of hydrogen-bond acceptors (Lipinski definition) is 3. The van der Waals surface area contributed by atoms with Crippen molar-refractivity contribution in [3.05, 3.63) is 28.3 Å². The molecule has 1 saturated carbocycles. The summed E-state index contributed by atoms with van der Waals surface area (Å²) >= 11 is 0. The second kappa shape index (κ2) is 7.02. The number of nitrogens with zero attached hydrogens (tertiary/aromatic N) is 2. The summed E-state index contributed by atoms with van der Waals surface area (Å²) in [5.41, 5.74) is 3.64. The van der Waals surface area contributed by atoms with Gasteiger partial charge in [0, 0.05) is 19.5 Å². The Hall–Kier alpha value is -1.38. The van der Waals surface area contributed by atoms with Crippen LogP contribution in [-0.2, 0) is 10.0 Å². The van der Waals surface area contributed by atoms with Crippen LogP contribution >= 0.6 is 0 Å². The fourth-order valence-corrected chi connectivity index (χ4v) is 5.24. The van der Waals surface area contributed by atoms with Gasteiger partial charge in [-0.15, -0.1) is 0 Å². The molecule has 0 heterocycles. The zero-order valence-electron chi connectivity index (χ0n) is 14.5. The van der Waals surface area contributed by atoms with E-state index in [-0.39, 0.29) is 13.0 Å². The van der Waals surface area contributed by atoms with Crippen LogP contribution in [0.2, 0.25) is 0 Å². The van der Waals surface area contributed by atoms with Gasteiger partial charge >= 0.3 is 0 Å². The Morgan fingerprint density at radius 3 is 2.17 bits per heavy atom. The van der Waals surface area contributed by atoms with Crippen molar-refractivity contribution in [1.29, 1.82) is 5.26 Å². The van der Waals surface area contributed by atoms with Gasteiger partial charge in [0.2, 0.25) is 10.0 Å². The summed E-state index contributed by atoms with van der Waals surface area (Å²) < 4.78 is 28.1. The highest BCUT2D eigenvalue weighted by Gasteiger charge is 2.32. The topological polar surface area (TPSA) is 61.2 Å². The van der Waals surface area contributed by atoms with Crippen LogP contribution < -0.4 is 0 Å². The minimum atomic E-state index is -3.57. The second-order valence-corrected chi connectivity index (χ2v) is 8.53. The Labute approximate surface area is 140 Å². The minimum Gasteiger partial charge on any atom is -0.207 e. The maximum Gasteiger partial charge on any atom is 0.243 e. The molecule has 4 nitrogen and oxygen atoms in total. The molecule has 126 valence electrons. The highest BCUT2D eigenvalue weighted by Crippen LogP contribution is 2.32. The van der Waals surface area contributed by atoms with E-state index in [0.29, 0.717) is 17.4 Å². The van der Waals surface area contributed by atoms with E-state index in [2.05, 4.69) is 6.07 Å². The van der Waals surface area contributed by atoms with Crippen molar-refractivity contribution in [3.8, 4) is 6.07 Å². The lowest BCUT2D eigenvalue weighted by Gasteiger charge is -2.32. The molecule has 0 aromatic heterocycles. The third kappa shape index (κ3) is 3.59. The van der Waals surface area contributed by atoms with E-state index in [0.717, 1.165) is 35.1 Å². The molecule has 1 aliphatic carbocycles. The van der Waals surface area contributed by atoms with Crippen LogP contribution in [0.25, 0.3) is 0 Å². The molecule has 0 radical (unpaired) electrons. The van der Waals surface area contributed by atoms with Gasteiger partial charge in [-0.2, -0.15) is 9.57 Å². The van der Waals surface area contributed by atoms with Crippen LogP contribution in [0.4, 0.5) is 0 Å². The van der Waals surface area contributed by atoms with Crippen LogP contribution in [0.15, 0.2) is 11.0 Å². The monoisotopic (exact) mass is 334 g/mol. The Bertz CT molecular complexity index is 702. The molecule has 1 aliphatic rings. The van der Waals surface area contributed by atoms with E-state index >= 15 is 0 Å². The summed E-state index contributed by atoms with van der Waals surface area (Å²) in [6.07, 6.45) is 3.58. The van der Waals surface area contributed by atoms with Crippen LogP contribution in [0.5, 0.6) is 0 Å². The molecule has 0 unspecified atom stereocenters. The lowest BCUT2D eigenvalue weighted by molar-refractivity contribution is 0.247. The third-order valence-electron chi connectivity index (χ3n) is 5.05. The third-order valence-corrected chi connectivity index (χ3v) is 7.19. The smallest absolute Gasteiger partial charge is 0.207 e. The Morgan fingerprint density at radius 2 is 1.74 bits per heavy atom. The van der Waals surface area contributed by atoms with Crippen LogP contribution in [0.1, 0.15) is 47.9 Å². The van der Waals surface area contributed by atoms with Crippen molar-refractivity contribution < 1.29 is 8.42 Å². The summed E-state index contributed by atoms with van der Waals surface area (Å²) in [6, 6.07) is 4.11. The Kier molecular flexibility index (Phi) is 5.49. The van der Waals surface area contributed by atoms with Crippen molar-refractivity contribution in [2.75, 3.05) is 13.1 Å². The number of aryl methyl sites for hydroxylation is 2. The first kappa shape index (κ1) is 18.0. The first-order valence-electron chi connectivity index (χ1n) is 8.23. The fourth-order valence-electron chi connectivity index (χ4n) is 3.14. The summed E-state index contributed by atoms with van der Waals surface area (Å²) in [6.45, 7) is 8.47. The molecule has 23 heavy (non-hydrogen) atoms. The number of sulfonamides is 1. The minimum absolute atomic E-state index is 0.231. The SMILES string of the molecule is Cc1cc(C)c(C)c(S(=O)(=O)N(CCC#N)CC2CCC2)c1C. The molecule has 0 amide bonds. The van der Waals surface area contributed by atoms with Gasteiger partial charge in [0.05, 0.1) is 11.0 Å². The van der Waals surface area contributed by atoms with Gasteiger partial charge in [-0.1, -0.05) is 12.5 Å². The van der Waals surface area contributed by atoms with Gasteiger partial charge in [0.25, 0.3) is 0 Å². The molecule has 5 heteroatoms. The van der Waals surface area contributed by atoms with E-state index in [9.17, 15) is 8.42 Å². The van der Waals surface area contributed by atoms with Crippen molar-refractivity contribution in [2.45, 2.75) is 58.3 Å². The zero-order valence-corrected chi connectivity index (χ0v) is 15.3. The summed E-state index contributed by atoms with van der Waals surface area (Å²) in [4.78, 5) is 0.437. The molecule has 1 aromatic rings. The van der Waals surface area contributed by atoms with Gasteiger partial charge in [0.1, 0.15) is 0 Å². The van der Waals surface area contributed by atoms with E-state index in [1.807, 2.05) is 33.8 Å². The van der Waals surface area contributed by atoms with Crippen LogP contribution in [0, 0.1) is 44.9 Å². The second-order valence-electron chi connectivity index (χ2n) is 6.66. The van der Waals surface area contributed by atoms with Gasteiger partial charge in [0.15, 0.2) is 0 Å². The maximum atomic E-state index is 13.3.